The molecule has 2 aromatic heterocycles. The summed E-state index contributed by atoms with van der Waals surface area (Å²) in [7, 11) is -0.742. The molecule has 0 saturated carbocycles. The number of hydrogen-bond acceptors (Lipinski definition) is 8. The van der Waals surface area contributed by atoms with E-state index < -0.39 is 15.9 Å². The lowest BCUT2D eigenvalue weighted by atomic mass is 10.3. The molecule has 0 N–H and O–H groups in total. The average Bonchev–Trinajstić information content (AvgIpc) is 3.36. The van der Waals surface area contributed by atoms with E-state index in [1.165, 1.54) is 23.3 Å². The van der Waals surface area contributed by atoms with Crippen LogP contribution >= 0.6 is 11.3 Å². The van der Waals surface area contributed by atoms with Crippen LogP contribution in [0.3, 0.4) is 0 Å². The molecule has 0 fully saturated rings. The van der Waals surface area contributed by atoms with Crippen LogP contribution in [0.5, 0.6) is 5.75 Å². The minimum atomic E-state index is -3.72. The van der Waals surface area contributed by atoms with Crippen molar-refractivity contribution in [2.75, 3.05) is 31.3 Å². The number of ether oxygens (including phenoxy) is 1. The Bertz CT molecular complexity index is 1080. The lowest BCUT2D eigenvalue weighted by Gasteiger charge is -2.25. The van der Waals surface area contributed by atoms with Gasteiger partial charge in [-0.2, -0.15) is 4.98 Å². The molecule has 154 valence electrons. The molecule has 0 saturated heterocycles. The first kappa shape index (κ1) is 20.8. The number of methoxy groups -OCH3 is 1. The molecule has 9 nitrogen and oxygen atoms in total. The van der Waals surface area contributed by atoms with Gasteiger partial charge in [-0.15, -0.1) is 11.3 Å². The second-order valence-corrected chi connectivity index (χ2v) is 9.03. The number of carbonyl (C=O) groups excluding carboxylic acids is 1. The van der Waals surface area contributed by atoms with Crippen LogP contribution < -0.4 is 9.04 Å². The minimum Gasteiger partial charge on any atom is -0.495 e. The maximum Gasteiger partial charge on any atom is 0.246 e. The van der Waals surface area contributed by atoms with Crippen molar-refractivity contribution in [2.45, 2.75) is 6.54 Å². The molecule has 3 aromatic rings. The Hall–Kier alpha value is -2.92. The molecule has 2 heterocycles. The molecule has 29 heavy (non-hydrogen) atoms. The number of sulfonamides is 1. The quantitative estimate of drug-likeness (QED) is 0.533. The summed E-state index contributed by atoms with van der Waals surface area (Å²) < 4.78 is 36.1. The number of benzene rings is 1. The van der Waals surface area contributed by atoms with Crippen molar-refractivity contribution in [3.05, 3.63) is 47.7 Å². The van der Waals surface area contributed by atoms with Gasteiger partial charge < -0.3 is 14.2 Å². The van der Waals surface area contributed by atoms with E-state index in [2.05, 4.69) is 10.1 Å². The summed E-state index contributed by atoms with van der Waals surface area (Å²) in [6, 6.07) is 10.4. The van der Waals surface area contributed by atoms with Crippen LogP contribution in [0.25, 0.3) is 10.7 Å². The maximum absolute atomic E-state index is 12.7. The van der Waals surface area contributed by atoms with Crippen molar-refractivity contribution >= 4 is 33.0 Å². The number of carbonyl (C=O) groups is 1. The fourth-order valence-electron chi connectivity index (χ4n) is 2.58. The number of amides is 1. The van der Waals surface area contributed by atoms with E-state index in [0.29, 0.717) is 11.6 Å². The highest BCUT2D eigenvalue weighted by Gasteiger charge is 2.26. The number of aromatic nitrogens is 2. The van der Waals surface area contributed by atoms with Crippen LogP contribution in [0.2, 0.25) is 0 Å². The van der Waals surface area contributed by atoms with Crippen LogP contribution in [0.1, 0.15) is 5.89 Å². The van der Waals surface area contributed by atoms with Crippen molar-refractivity contribution in [3.63, 3.8) is 0 Å². The van der Waals surface area contributed by atoms with Gasteiger partial charge in [-0.3, -0.25) is 9.10 Å². The fraction of sp³-hybridized carbons (Fsp3) is 0.278. The molecule has 0 aliphatic rings. The van der Waals surface area contributed by atoms with E-state index >= 15 is 0 Å². The van der Waals surface area contributed by atoms with Crippen molar-refractivity contribution in [1.82, 2.24) is 15.0 Å². The predicted octanol–water partition coefficient (Wildman–Crippen LogP) is 2.23. The van der Waals surface area contributed by atoms with E-state index in [1.54, 1.807) is 31.3 Å². The van der Waals surface area contributed by atoms with Gasteiger partial charge in [0.05, 0.1) is 30.5 Å². The van der Waals surface area contributed by atoms with Crippen molar-refractivity contribution in [1.29, 1.82) is 0 Å². The lowest BCUT2D eigenvalue weighted by molar-refractivity contribution is -0.129. The highest BCUT2D eigenvalue weighted by Crippen LogP contribution is 2.29. The molecule has 0 bridgehead atoms. The molecule has 1 aromatic carbocycles. The third-order valence-corrected chi connectivity index (χ3v) is 6.03. The zero-order valence-electron chi connectivity index (χ0n) is 16.1. The average molecular weight is 437 g/mol. The fourth-order valence-corrected chi connectivity index (χ4v) is 4.08. The Labute approximate surface area is 172 Å². The molecule has 0 aliphatic carbocycles. The molecule has 3 rings (SSSR count). The van der Waals surface area contributed by atoms with Crippen LogP contribution in [0.15, 0.2) is 46.3 Å². The predicted molar refractivity (Wildman–Crippen MR) is 109 cm³/mol. The first-order valence-electron chi connectivity index (χ1n) is 8.50. The summed E-state index contributed by atoms with van der Waals surface area (Å²) in [6.45, 7) is -0.331. The van der Waals surface area contributed by atoms with Gasteiger partial charge in [-0.05, 0) is 23.6 Å². The Balaban J connectivity index is 1.74. The van der Waals surface area contributed by atoms with Gasteiger partial charge in [0.15, 0.2) is 0 Å². The van der Waals surface area contributed by atoms with Gasteiger partial charge in [0.2, 0.25) is 27.6 Å². The topological polar surface area (TPSA) is 106 Å². The summed E-state index contributed by atoms with van der Waals surface area (Å²) >= 11 is 1.48. The number of para-hydroxylation sites is 2. The second kappa shape index (κ2) is 8.62. The Morgan fingerprint density at radius 3 is 2.66 bits per heavy atom. The molecule has 0 unspecified atom stereocenters. The third kappa shape index (κ3) is 4.93. The first-order chi connectivity index (χ1) is 13.8. The zero-order chi connectivity index (χ0) is 21.0. The van der Waals surface area contributed by atoms with Crippen molar-refractivity contribution in [3.8, 4) is 16.5 Å². The lowest BCUT2D eigenvalue weighted by Crippen LogP contribution is -2.41. The first-order valence-corrected chi connectivity index (χ1v) is 11.2. The molecule has 11 heteroatoms. The number of nitrogens with zero attached hydrogens (tertiary/aromatic N) is 4. The normalized spacial score (nSPS) is 11.3. The minimum absolute atomic E-state index is 0.0563. The molecular weight excluding hydrogens is 416 g/mol. The van der Waals surface area contributed by atoms with E-state index in [0.717, 1.165) is 15.4 Å². The van der Waals surface area contributed by atoms with Crippen molar-refractivity contribution in [2.24, 2.45) is 0 Å². The Kier molecular flexibility index (Phi) is 6.18. The van der Waals surface area contributed by atoms with Crippen LogP contribution in [-0.2, 0) is 21.4 Å². The van der Waals surface area contributed by atoms with E-state index in [1.807, 2.05) is 17.5 Å². The monoisotopic (exact) mass is 436 g/mol. The smallest absolute Gasteiger partial charge is 0.246 e. The number of likely N-dealkylation sites (N-methyl/N-ethyl adjacent to an activating group) is 1. The van der Waals surface area contributed by atoms with Gasteiger partial charge in [-0.1, -0.05) is 23.4 Å². The molecule has 0 aliphatic heterocycles. The summed E-state index contributed by atoms with van der Waals surface area (Å²) in [5, 5.41) is 5.81. The maximum atomic E-state index is 12.7. The van der Waals surface area contributed by atoms with Gasteiger partial charge >= 0.3 is 0 Å². The summed E-state index contributed by atoms with van der Waals surface area (Å²) in [5.74, 6) is 0.623. The number of hydrogen-bond donors (Lipinski definition) is 0. The zero-order valence-corrected chi connectivity index (χ0v) is 17.7. The van der Waals surface area contributed by atoms with E-state index in [-0.39, 0.29) is 24.7 Å². The van der Waals surface area contributed by atoms with Crippen LogP contribution in [0.4, 0.5) is 5.69 Å². The largest absolute Gasteiger partial charge is 0.495 e. The van der Waals surface area contributed by atoms with Gasteiger partial charge in [0.25, 0.3) is 0 Å². The van der Waals surface area contributed by atoms with Gasteiger partial charge in [-0.25, -0.2) is 8.42 Å². The standard InChI is InChI=1S/C18H20N4O5S2/c1-21(11-16-19-18(20-27-16)15-9-6-10-28-15)17(23)12-22(29(3,24)25)13-7-4-5-8-14(13)26-2/h4-10H,11-12H2,1-3H3. The second-order valence-electron chi connectivity index (χ2n) is 6.18. The number of anilines is 1. The number of thiophene rings is 1. The van der Waals surface area contributed by atoms with E-state index in [4.69, 9.17) is 9.26 Å². The van der Waals surface area contributed by atoms with Crippen molar-refractivity contribution < 1.29 is 22.5 Å². The Morgan fingerprint density at radius 1 is 1.24 bits per heavy atom. The summed E-state index contributed by atoms with van der Waals surface area (Å²) in [4.78, 5) is 19.2. The highest BCUT2D eigenvalue weighted by molar-refractivity contribution is 7.92. The molecule has 0 radical (unpaired) electrons. The summed E-state index contributed by atoms with van der Waals surface area (Å²) in [6.07, 6.45) is 1.04. The Morgan fingerprint density at radius 2 is 2.00 bits per heavy atom. The summed E-state index contributed by atoms with van der Waals surface area (Å²) in [5.41, 5.74) is 0.289. The molecule has 1 amide bonds. The van der Waals surface area contributed by atoms with Gasteiger partial charge in [0.1, 0.15) is 12.3 Å². The highest BCUT2D eigenvalue weighted by atomic mass is 32.2. The molecule has 0 atom stereocenters. The molecular formula is C18H20N4O5S2. The molecule has 0 spiro atoms. The van der Waals surface area contributed by atoms with Gasteiger partial charge in [0, 0.05) is 7.05 Å². The van der Waals surface area contributed by atoms with E-state index in [9.17, 15) is 13.2 Å². The van der Waals surface area contributed by atoms with Crippen LogP contribution in [-0.4, -0.2) is 56.3 Å². The third-order valence-electron chi connectivity index (χ3n) is 4.04. The SMILES string of the molecule is COc1ccccc1N(CC(=O)N(C)Cc1nc(-c2cccs2)no1)S(C)(=O)=O. The number of rotatable bonds is 8. The van der Waals surface area contributed by atoms with Crippen LogP contribution in [0, 0.1) is 0 Å².